The van der Waals surface area contributed by atoms with E-state index in [4.69, 9.17) is 5.11 Å². The zero-order chi connectivity index (χ0) is 11.5. The lowest BCUT2D eigenvalue weighted by Gasteiger charge is -2.23. The molecular weight excluding hydrogens is 218 g/mol. The van der Waals surface area contributed by atoms with Gasteiger partial charge in [-0.25, -0.2) is 0 Å². The molecule has 0 unspecified atom stereocenters. The Bertz CT molecular complexity index is 361. The van der Waals surface area contributed by atoms with Crippen molar-refractivity contribution in [1.29, 1.82) is 0 Å². The molecule has 82 valence electrons. The van der Waals surface area contributed by atoms with Crippen molar-refractivity contribution in [3.8, 4) is 0 Å². The summed E-state index contributed by atoms with van der Waals surface area (Å²) in [5, 5.41) is 14.7. The molecule has 0 spiro atoms. The highest BCUT2D eigenvalue weighted by Gasteiger charge is 2.25. The predicted molar refractivity (Wildman–Crippen MR) is 53.7 cm³/mol. The molecule has 0 saturated heterocycles. The largest absolute Gasteiger partial charge is 0.481 e. The summed E-state index contributed by atoms with van der Waals surface area (Å²) in [6.07, 6.45) is 1.21. The van der Waals surface area contributed by atoms with Gasteiger partial charge in [-0.05, 0) is 25.4 Å². The number of aliphatic carboxylic acids is 1. The van der Waals surface area contributed by atoms with Gasteiger partial charge in [0, 0.05) is 5.54 Å². The second-order valence-electron chi connectivity index (χ2n) is 3.69. The molecule has 0 aliphatic rings. The van der Waals surface area contributed by atoms with Crippen molar-refractivity contribution in [2.24, 2.45) is 0 Å². The first kappa shape index (κ1) is 11.6. The van der Waals surface area contributed by atoms with E-state index in [-0.39, 0.29) is 12.3 Å². The summed E-state index contributed by atoms with van der Waals surface area (Å²) in [6.45, 7) is 3.29. The molecule has 0 saturated carbocycles. The molecular formula is C8H11N3O3S. The van der Waals surface area contributed by atoms with Crippen LogP contribution in [0.5, 0.6) is 0 Å². The van der Waals surface area contributed by atoms with Gasteiger partial charge in [-0.3, -0.25) is 9.59 Å². The third-order valence-electron chi connectivity index (χ3n) is 1.63. The number of hydrogen-bond acceptors (Lipinski definition) is 5. The maximum atomic E-state index is 11.5. The smallest absolute Gasteiger partial charge is 0.305 e. The van der Waals surface area contributed by atoms with Crippen LogP contribution in [0.3, 0.4) is 0 Å². The van der Waals surface area contributed by atoms with Crippen LogP contribution in [-0.2, 0) is 4.79 Å². The fraction of sp³-hybridized carbons (Fsp3) is 0.500. The third-order valence-corrected chi connectivity index (χ3v) is 2.29. The molecule has 0 bridgehead atoms. The number of nitrogens with zero attached hydrogens (tertiary/aromatic N) is 2. The number of carbonyl (C=O) groups is 2. The number of rotatable bonds is 4. The molecule has 1 heterocycles. The zero-order valence-electron chi connectivity index (χ0n) is 8.35. The number of carboxylic acids is 1. The van der Waals surface area contributed by atoms with Crippen molar-refractivity contribution in [3.05, 3.63) is 11.1 Å². The molecule has 0 aliphatic carbocycles. The van der Waals surface area contributed by atoms with Gasteiger partial charge in [-0.2, -0.15) is 0 Å². The number of nitrogens with one attached hydrogen (secondary N) is 1. The van der Waals surface area contributed by atoms with Gasteiger partial charge in [0.05, 0.1) is 12.6 Å². The van der Waals surface area contributed by atoms with Gasteiger partial charge < -0.3 is 10.4 Å². The van der Waals surface area contributed by atoms with Gasteiger partial charge in [0.15, 0.2) is 0 Å². The van der Waals surface area contributed by atoms with Gasteiger partial charge in [0.25, 0.3) is 5.91 Å². The topological polar surface area (TPSA) is 92.2 Å². The maximum absolute atomic E-state index is 11.5. The highest BCUT2D eigenvalue weighted by molar-refractivity contribution is 7.07. The molecule has 0 atom stereocenters. The van der Waals surface area contributed by atoms with Crippen LogP contribution >= 0.6 is 11.5 Å². The number of carboxylic acid groups (broad SMARTS) is 1. The summed E-state index contributed by atoms with van der Waals surface area (Å²) >= 11 is 0.970. The highest BCUT2D eigenvalue weighted by atomic mass is 32.1. The van der Waals surface area contributed by atoms with Crippen LogP contribution in [-0.4, -0.2) is 32.1 Å². The Kier molecular flexibility index (Phi) is 3.35. The van der Waals surface area contributed by atoms with E-state index in [0.717, 1.165) is 11.5 Å². The lowest BCUT2D eigenvalue weighted by atomic mass is 10.0. The molecule has 0 radical (unpaired) electrons. The molecule has 1 rings (SSSR count). The van der Waals surface area contributed by atoms with E-state index in [2.05, 4.69) is 14.9 Å². The molecule has 2 N–H and O–H groups in total. The fourth-order valence-electron chi connectivity index (χ4n) is 1.06. The lowest BCUT2D eigenvalue weighted by Crippen LogP contribution is -2.44. The van der Waals surface area contributed by atoms with Crippen LogP contribution in [0.1, 0.15) is 29.9 Å². The normalized spacial score (nSPS) is 11.1. The first-order chi connectivity index (χ1) is 6.91. The van der Waals surface area contributed by atoms with Gasteiger partial charge >= 0.3 is 5.97 Å². The van der Waals surface area contributed by atoms with Gasteiger partial charge in [-0.1, -0.05) is 4.49 Å². The number of hydrogen-bond donors (Lipinski definition) is 2. The van der Waals surface area contributed by atoms with Gasteiger partial charge in [-0.15, -0.1) is 5.10 Å². The Labute approximate surface area is 90.5 Å². The summed E-state index contributed by atoms with van der Waals surface area (Å²) in [7, 11) is 0. The Morgan fingerprint density at radius 1 is 1.60 bits per heavy atom. The summed E-state index contributed by atoms with van der Waals surface area (Å²) in [4.78, 5) is 22.4. The van der Waals surface area contributed by atoms with Crippen molar-refractivity contribution < 1.29 is 14.7 Å². The van der Waals surface area contributed by atoms with Crippen LogP contribution in [0.15, 0.2) is 6.20 Å². The van der Waals surface area contributed by atoms with Crippen molar-refractivity contribution in [2.75, 3.05) is 0 Å². The standard InChI is InChI=1S/C8H11N3O3S/c1-8(2,3-6(12)13)10-7(14)5-4-9-11-15-5/h4H,3H2,1-2H3,(H,10,14)(H,12,13). The summed E-state index contributed by atoms with van der Waals surface area (Å²) in [5.74, 6) is -1.31. The minimum Gasteiger partial charge on any atom is -0.481 e. The molecule has 7 heteroatoms. The summed E-state index contributed by atoms with van der Waals surface area (Å²) in [5.41, 5.74) is -0.785. The van der Waals surface area contributed by atoms with Gasteiger partial charge in [0.2, 0.25) is 0 Å². The van der Waals surface area contributed by atoms with Crippen LogP contribution in [0, 0.1) is 0 Å². The Morgan fingerprint density at radius 2 is 2.27 bits per heavy atom. The van der Waals surface area contributed by atoms with E-state index in [9.17, 15) is 9.59 Å². The highest BCUT2D eigenvalue weighted by Crippen LogP contribution is 2.11. The summed E-state index contributed by atoms with van der Waals surface area (Å²) in [6, 6.07) is 0. The summed E-state index contributed by atoms with van der Waals surface area (Å²) < 4.78 is 3.55. The van der Waals surface area contributed by atoms with E-state index in [1.807, 2.05) is 0 Å². The van der Waals surface area contributed by atoms with Crippen LogP contribution in [0.4, 0.5) is 0 Å². The number of aromatic nitrogens is 2. The second kappa shape index (κ2) is 4.35. The monoisotopic (exact) mass is 229 g/mol. The van der Waals surface area contributed by atoms with Crippen molar-refractivity contribution >= 4 is 23.4 Å². The molecule has 1 aromatic heterocycles. The van der Waals surface area contributed by atoms with E-state index in [0.29, 0.717) is 4.88 Å². The van der Waals surface area contributed by atoms with Crippen molar-refractivity contribution in [2.45, 2.75) is 25.8 Å². The SMILES string of the molecule is CC(C)(CC(=O)O)NC(=O)c1cnns1. The zero-order valence-corrected chi connectivity index (χ0v) is 9.17. The molecule has 0 aromatic carbocycles. The average molecular weight is 229 g/mol. The lowest BCUT2D eigenvalue weighted by molar-refractivity contribution is -0.138. The Morgan fingerprint density at radius 3 is 2.73 bits per heavy atom. The van der Waals surface area contributed by atoms with E-state index >= 15 is 0 Å². The van der Waals surface area contributed by atoms with E-state index < -0.39 is 11.5 Å². The third kappa shape index (κ3) is 3.62. The van der Waals surface area contributed by atoms with Gasteiger partial charge in [0.1, 0.15) is 4.88 Å². The minimum absolute atomic E-state index is 0.134. The average Bonchev–Trinajstić information content (AvgIpc) is 2.50. The quantitative estimate of drug-likeness (QED) is 0.785. The predicted octanol–water partition coefficient (Wildman–Crippen LogP) is 0.521. The maximum Gasteiger partial charge on any atom is 0.305 e. The Hall–Kier alpha value is -1.50. The second-order valence-corrected chi connectivity index (χ2v) is 4.48. The van der Waals surface area contributed by atoms with E-state index in [1.54, 1.807) is 13.8 Å². The molecule has 1 amide bonds. The molecule has 6 nitrogen and oxygen atoms in total. The fourth-order valence-corrected chi connectivity index (χ4v) is 1.47. The molecule has 0 fully saturated rings. The molecule has 0 aliphatic heterocycles. The molecule has 1 aromatic rings. The van der Waals surface area contributed by atoms with E-state index in [1.165, 1.54) is 6.20 Å². The number of amides is 1. The van der Waals surface area contributed by atoms with Crippen LogP contribution in [0.2, 0.25) is 0 Å². The molecule has 15 heavy (non-hydrogen) atoms. The Balaban J connectivity index is 2.61. The minimum atomic E-state index is -0.956. The van der Waals surface area contributed by atoms with Crippen molar-refractivity contribution in [3.63, 3.8) is 0 Å². The first-order valence-electron chi connectivity index (χ1n) is 4.22. The van der Waals surface area contributed by atoms with Crippen LogP contribution < -0.4 is 5.32 Å². The first-order valence-corrected chi connectivity index (χ1v) is 5.00. The van der Waals surface area contributed by atoms with Crippen LogP contribution in [0.25, 0.3) is 0 Å². The number of carbonyl (C=O) groups excluding carboxylic acids is 1. The van der Waals surface area contributed by atoms with Crippen molar-refractivity contribution in [1.82, 2.24) is 14.9 Å².